The number of hydrogen-bond acceptors (Lipinski definition) is 4. The molecule has 0 amide bonds. The molecule has 1 rings (SSSR count). The van der Waals surface area contributed by atoms with Crippen molar-refractivity contribution >= 4 is 5.97 Å². The van der Waals surface area contributed by atoms with Crippen LogP contribution in [-0.4, -0.2) is 24.4 Å². The number of rotatable bonds is 7. The van der Waals surface area contributed by atoms with Gasteiger partial charge < -0.3 is 15.6 Å². The fourth-order valence-electron chi connectivity index (χ4n) is 1.27. The smallest absolute Gasteiger partial charge is 0.329 e. The van der Waals surface area contributed by atoms with Crippen LogP contribution in [0, 0.1) is 0 Å². The number of aliphatic carboxylic acids is 1. The van der Waals surface area contributed by atoms with Crippen LogP contribution >= 0.6 is 0 Å². The maximum atomic E-state index is 10.1. The SMILES string of the molecule is NCc1cccc(CNCOCC(=O)O)c1. The Bertz CT molecular complexity index is 342. The van der Waals surface area contributed by atoms with Gasteiger partial charge in [0, 0.05) is 13.1 Å². The minimum absolute atomic E-state index is 0.221. The molecule has 0 saturated heterocycles. The minimum atomic E-state index is -0.966. The van der Waals surface area contributed by atoms with Crippen LogP contribution in [0.15, 0.2) is 24.3 Å². The van der Waals surface area contributed by atoms with Crippen molar-refractivity contribution in [2.24, 2.45) is 5.73 Å². The summed E-state index contributed by atoms with van der Waals surface area (Å²) in [6.45, 7) is 1.09. The van der Waals surface area contributed by atoms with Crippen molar-refractivity contribution < 1.29 is 14.6 Å². The second-order valence-corrected chi connectivity index (χ2v) is 3.34. The number of benzene rings is 1. The van der Waals surface area contributed by atoms with Crippen molar-refractivity contribution in [3.63, 3.8) is 0 Å². The van der Waals surface area contributed by atoms with Gasteiger partial charge >= 0.3 is 5.97 Å². The first-order chi connectivity index (χ1) is 7.72. The molecule has 16 heavy (non-hydrogen) atoms. The van der Waals surface area contributed by atoms with Gasteiger partial charge in [-0.15, -0.1) is 0 Å². The highest BCUT2D eigenvalue weighted by Crippen LogP contribution is 2.03. The van der Waals surface area contributed by atoms with E-state index in [-0.39, 0.29) is 13.3 Å². The summed E-state index contributed by atoms with van der Waals surface area (Å²) in [4.78, 5) is 10.1. The summed E-state index contributed by atoms with van der Waals surface area (Å²) in [7, 11) is 0. The number of carbonyl (C=O) groups is 1. The lowest BCUT2D eigenvalue weighted by atomic mass is 10.1. The van der Waals surface area contributed by atoms with E-state index in [1.165, 1.54) is 0 Å². The summed E-state index contributed by atoms with van der Waals surface area (Å²) >= 11 is 0. The number of nitrogens with two attached hydrogens (primary N) is 1. The predicted molar refractivity (Wildman–Crippen MR) is 59.6 cm³/mol. The summed E-state index contributed by atoms with van der Waals surface area (Å²) in [5.41, 5.74) is 7.69. The molecular weight excluding hydrogens is 208 g/mol. The average Bonchev–Trinajstić information content (AvgIpc) is 2.28. The molecule has 0 aliphatic rings. The lowest BCUT2D eigenvalue weighted by Crippen LogP contribution is -2.20. The van der Waals surface area contributed by atoms with E-state index in [0.717, 1.165) is 11.1 Å². The summed E-state index contributed by atoms with van der Waals surface area (Å²) in [5.74, 6) is -0.966. The Labute approximate surface area is 94.2 Å². The average molecular weight is 224 g/mol. The molecule has 88 valence electrons. The van der Waals surface area contributed by atoms with Crippen LogP contribution in [0.5, 0.6) is 0 Å². The fourth-order valence-corrected chi connectivity index (χ4v) is 1.27. The molecule has 0 heterocycles. The van der Waals surface area contributed by atoms with E-state index in [0.29, 0.717) is 13.1 Å². The minimum Gasteiger partial charge on any atom is -0.480 e. The molecule has 0 aliphatic heterocycles. The number of carboxylic acid groups (broad SMARTS) is 1. The topological polar surface area (TPSA) is 84.6 Å². The van der Waals surface area contributed by atoms with Gasteiger partial charge in [0.1, 0.15) is 6.61 Å². The van der Waals surface area contributed by atoms with Crippen LogP contribution < -0.4 is 11.1 Å². The highest BCUT2D eigenvalue weighted by atomic mass is 16.5. The Balaban J connectivity index is 2.23. The lowest BCUT2D eigenvalue weighted by molar-refractivity contribution is -0.142. The van der Waals surface area contributed by atoms with Crippen LogP contribution in [0.3, 0.4) is 0 Å². The molecule has 4 N–H and O–H groups in total. The molecule has 0 aliphatic carbocycles. The van der Waals surface area contributed by atoms with Gasteiger partial charge in [-0.25, -0.2) is 4.79 Å². The van der Waals surface area contributed by atoms with Gasteiger partial charge in [0.15, 0.2) is 0 Å². The van der Waals surface area contributed by atoms with Crippen molar-refractivity contribution in [3.05, 3.63) is 35.4 Å². The van der Waals surface area contributed by atoms with E-state index >= 15 is 0 Å². The largest absolute Gasteiger partial charge is 0.480 e. The van der Waals surface area contributed by atoms with E-state index in [9.17, 15) is 4.79 Å². The normalized spacial score (nSPS) is 10.3. The summed E-state index contributed by atoms with van der Waals surface area (Å²) in [5, 5.41) is 11.3. The van der Waals surface area contributed by atoms with Crippen molar-refractivity contribution in [2.75, 3.05) is 13.3 Å². The van der Waals surface area contributed by atoms with Crippen molar-refractivity contribution in [3.8, 4) is 0 Å². The Morgan fingerprint density at radius 1 is 1.44 bits per heavy atom. The molecule has 5 heteroatoms. The van der Waals surface area contributed by atoms with Gasteiger partial charge in [0.2, 0.25) is 0 Å². The maximum absolute atomic E-state index is 10.1. The van der Waals surface area contributed by atoms with Crippen LogP contribution in [0.4, 0.5) is 0 Å². The van der Waals surface area contributed by atoms with E-state index in [1.54, 1.807) is 0 Å². The number of carboxylic acids is 1. The molecule has 0 bridgehead atoms. The second-order valence-electron chi connectivity index (χ2n) is 3.34. The molecule has 1 aromatic carbocycles. The Kier molecular flexibility index (Phi) is 5.49. The van der Waals surface area contributed by atoms with E-state index < -0.39 is 5.97 Å². The van der Waals surface area contributed by atoms with Crippen molar-refractivity contribution in [1.82, 2.24) is 5.32 Å². The van der Waals surface area contributed by atoms with Gasteiger partial charge in [-0.3, -0.25) is 5.32 Å². The number of hydrogen-bond donors (Lipinski definition) is 3. The number of nitrogens with one attached hydrogen (secondary N) is 1. The summed E-state index contributed by atoms with van der Waals surface area (Å²) < 4.78 is 4.84. The third-order valence-electron chi connectivity index (χ3n) is 1.99. The van der Waals surface area contributed by atoms with E-state index in [2.05, 4.69) is 5.32 Å². The molecule has 0 unspecified atom stereocenters. The van der Waals surface area contributed by atoms with Gasteiger partial charge in [-0.1, -0.05) is 24.3 Å². The third-order valence-corrected chi connectivity index (χ3v) is 1.99. The van der Waals surface area contributed by atoms with Crippen molar-refractivity contribution in [1.29, 1.82) is 0 Å². The first-order valence-electron chi connectivity index (χ1n) is 5.00. The first kappa shape index (κ1) is 12.6. The van der Waals surface area contributed by atoms with Crippen LogP contribution in [-0.2, 0) is 22.6 Å². The van der Waals surface area contributed by atoms with Gasteiger partial charge in [0.05, 0.1) is 6.73 Å². The van der Waals surface area contributed by atoms with Gasteiger partial charge in [0.25, 0.3) is 0 Å². The van der Waals surface area contributed by atoms with Gasteiger partial charge in [-0.2, -0.15) is 0 Å². The number of ether oxygens (including phenoxy) is 1. The highest BCUT2D eigenvalue weighted by molar-refractivity contribution is 5.67. The lowest BCUT2D eigenvalue weighted by Gasteiger charge is -2.06. The monoisotopic (exact) mass is 224 g/mol. The van der Waals surface area contributed by atoms with Gasteiger partial charge in [-0.05, 0) is 11.1 Å². The molecule has 0 radical (unpaired) electrons. The van der Waals surface area contributed by atoms with Crippen molar-refractivity contribution in [2.45, 2.75) is 13.1 Å². The molecule has 1 aromatic rings. The quantitative estimate of drug-likeness (QED) is 0.458. The Morgan fingerprint density at radius 2 is 2.19 bits per heavy atom. The Hall–Kier alpha value is -1.43. The molecule has 0 atom stereocenters. The predicted octanol–water partition coefficient (Wildman–Crippen LogP) is 0.294. The Morgan fingerprint density at radius 3 is 2.88 bits per heavy atom. The van der Waals surface area contributed by atoms with Crippen LogP contribution in [0.2, 0.25) is 0 Å². The molecule has 0 spiro atoms. The molecule has 0 aromatic heterocycles. The van der Waals surface area contributed by atoms with Crippen LogP contribution in [0.1, 0.15) is 11.1 Å². The molecule has 0 fully saturated rings. The maximum Gasteiger partial charge on any atom is 0.329 e. The second kappa shape index (κ2) is 6.95. The standard InChI is InChI=1S/C11H16N2O3/c12-5-9-2-1-3-10(4-9)6-13-8-16-7-11(14)15/h1-4,13H,5-8,12H2,(H,14,15). The third kappa shape index (κ3) is 4.88. The van der Waals surface area contributed by atoms with Crippen LogP contribution in [0.25, 0.3) is 0 Å². The van der Waals surface area contributed by atoms with E-state index in [1.807, 2.05) is 24.3 Å². The zero-order valence-corrected chi connectivity index (χ0v) is 8.98. The fraction of sp³-hybridized carbons (Fsp3) is 0.364. The molecular formula is C11H16N2O3. The highest BCUT2D eigenvalue weighted by Gasteiger charge is 1.97. The molecule has 5 nitrogen and oxygen atoms in total. The molecule has 0 saturated carbocycles. The zero-order valence-electron chi connectivity index (χ0n) is 8.98. The summed E-state index contributed by atoms with van der Waals surface area (Å²) in [6, 6.07) is 7.88. The zero-order chi connectivity index (χ0) is 11.8. The van der Waals surface area contributed by atoms with E-state index in [4.69, 9.17) is 15.6 Å². The first-order valence-corrected chi connectivity index (χ1v) is 5.00. The summed E-state index contributed by atoms with van der Waals surface area (Å²) in [6.07, 6.45) is 0.